The fourth-order valence-electron chi connectivity index (χ4n) is 3.64. The number of anilines is 1. The molecule has 0 unspecified atom stereocenters. The van der Waals surface area contributed by atoms with Crippen LogP contribution in [0.15, 0.2) is 33.7 Å². The number of aromatic nitrogens is 3. The highest BCUT2D eigenvalue weighted by Crippen LogP contribution is 2.32. The molecule has 148 valence electrons. The Morgan fingerprint density at radius 1 is 1.36 bits per heavy atom. The molecule has 1 aromatic carbocycles. The zero-order chi connectivity index (χ0) is 19.7. The quantitative estimate of drug-likeness (QED) is 0.703. The van der Waals surface area contributed by atoms with Gasteiger partial charge in [0.1, 0.15) is 10.8 Å². The van der Waals surface area contributed by atoms with Gasteiger partial charge in [-0.05, 0) is 38.1 Å². The number of halogens is 2. The predicted octanol–water partition coefficient (Wildman–Crippen LogP) is 3.01. The van der Waals surface area contributed by atoms with Gasteiger partial charge in [0, 0.05) is 37.5 Å². The summed E-state index contributed by atoms with van der Waals surface area (Å²) in [7, 11) is 1.57. The number of piperidine rings is 1. The molecule has 1 aliphatic rings. The van der Waals surface area contributed by atoms with Crippen molar-refractivity contribution >= 4 is 28.3 Å². The third-order valence-corrected chi connectivity index (χ3v) is 5.62. The Morgan fingerprint density at radius 3 is 2.93 bits per heavy atom. The largest absolute Gasteiger partial charge is 0.381 e. The number of fused-ring (bicyclic) bond motifs is 1. The highest BCUT2D eigenvalue weighted by molar-refractivity contribution is 6.32. The third kappa shape index (κ3) is 3.74. The smallest absolute Gasteiger partial charge is 0.287 e. The minimum atomic E-state index is -0.316. The van der Waals surface area contributed by atoms with Crippen LogP contribution in [0.4, 0.5) is 10.1 Å². The second kappa shape index (κ2) is 7.89. The van der Waals surface area contributed by atoms with Crippen LogP contribution < -0.4 is 10.9 Å². The van der Waals surface area contributed by atoms with Gasteiger partial charge in [-0.15, -0.1) is 0 Å². The van der Waals surface area contributed by atoms with Crippen molar-refractivity contribution in [2.24, 2.45) is 7.05 Å². The Kier molecular flexibility index (Phi) is 5.32. The number of benzene rings is 1. The SMILES string of the molecule is Cn1ncc(NCCN2CCC(c3noc4cc(F)ccc34)CC2)c(Cl)c1=O. The minimum absolute atomic E-state index is 0.158. The van der Waals surface area contributed by atoms with Gasteiger partial charge in [-0.25, -0.2) is 9.07 Å². The number of nitrogens with zero attached hydrogens (tertiary/aromatic N) is 4. The van der Waals surface area contributed by atoms with Crippen molar-refractivity contribution in [3.8, 4) is 0 Å². The number of rotatable bonds is 5. The van der Waals surface area contributed by atoms with Gasteiger partial charge in [0.25, 0.3) is 5.56 Å². The van der Waals surface area contributed by atoms with Gasteiger partial charge in [-0.2, -0.15) is 5.10 Å². The first kappa shape index (κ1) is 18.9. The summed E-state index contributed by atoms with van der Waals surface area (Å²) in [6, 6.07) is 4.57. The second-order valence-electron chi connectivity index (χ2n) is 7.05. The molecular weight excluding hydrogens is 385 g/mol. The molecule has 0 atom stereocenters. The van der Waals surface area contributed by atoms with Crippen LogP contribution in [0, 0.1) is 5.82 Å². The first-order valence-electron chi connectivity index (χ1n) is 9.26. The van der Waals surface area contributed by atoms with Crippen LogP contribution in [0.2, 0.25) is 5.02 Å². The lowest BCUT2D eigenvalue weighted by Crippen LogP contribution is -2.36. The highest BCUT2D eigenvalue weighted by atomic mass is 35.5. The highest BCUT2D eigenvalue weighted by Gasteiger charge is 2.25. The van der Waals surface area contributed by atoms with E-state index in [0.29, 0.717) is 23.7 Å². The Balaban J connectivity index is 1.31. The monoisotopic (exact) mass is 405 g/mol. The Labute approximate surface area is 166 Å². The number of hydrogen-bond acceptors (Lipinski definition) is 6. The van der Waals surface area contributed by atoms with Crippen LogP contribution in [-0.4, -0.2) is 46.0 Å². The Bertz CT molecular complexity index is 1040. The maximum Gasteiger partial charge on any atom is 0.287 e. The zero-order valence-corrected chi connectivity index (χ0v) is 16.2. The molecule has 7 nitrogen and oxygen atoms in total. The Hall–Kier alpha value is -2.45. The van der Waals surface area contributed by atoms with Gasteiger partial charge in [0.15, 0.2) is 5.58 Å². The van der Waals surface area contributed by atoms with Crippen LogP contribution in [0.1, 0.15) is 24.5 Å². The molecule has 2 aromatic heterocycles. The number of nitrogens with one attached hydrogen (secondary N) is 1. The summed E-state index contributed by atoms with van der Waals surface area (Å²) in [6.07, 6.45) is 3.49. The molecule has 0 bridgehead atoms. The fraction of sp³-hybridized carbons (Fsp3) is 0.421. The van der Waals surface area contributed by atoms with Gasteiger partial charge in [-0.3, -0.25) is 4.79 Å². The average Bonchev–Trinajstić information content (AvgIpc) is 3.11. The van der Waals surface area contributed by atoms with E-state index in [-0.39, 0.29) is 16.4 Å². The molecule has 0 amide bonds. The van der Waals surface area contributed by atoms with Crippen molar-refractivity contribution in [3.05, 3.63) is 51.3 Å². The van der Waals surface area contributed by atoms with Crippen LogP contribution in [0.5, 0.6) is 0 Å². The van der Waals surface area contributed by atoms with Crippen molar-refractivity contribution in [2.75, 3.05) is 31.5 Å². The summed E-state index contributed by atoms with van der Waals surface area (Å²) in [4.78, 5) is 14.2. The summed E-state index contributed by atoms with van der Waals surface area (Å²) < 4.78 is 19.8. The van der Waals surface area contributed by atoms with Crippen LogP contribution in [0.3, 0.4) is 0 Å². The maximum atomic E-state index is 13.3. The van der Waals surface area contributed by atoms with Gasteiger partial charge in [0.2, 0.25) is 0 Å². The number of hydrogen-bond donors (Lipinski definition) is 1. The van der Waals surface area contributed by atoms with Crippen molar-refractivity contribution in [3.63, 3.8) is 0 Å². The molecule has 1 N–H and O–H groups in total. The molecule has 9 heteroatoms. The van der Waals surface area contributed by atoms with E-state index < -0.39 is 0 Å². The van der Waals surface area contributed by atoms with Crippen molar-refractivity contribution < 1.29 is 8.91 Å². The fourth-order valence-corrected chi connectivity index (χ4v) is 3.88. The van der Waals surface area contributed by atoms with Gasteiger partial charge in [-0.1, -0.05) is 16.8 Å². The summed E-state index contributed by atoms with van der Waals surface area (Å²) in [5.41, 5.74) is 1.67. The maximum absolute atomic E-state index is 13.3. The van der Waals surface area contributed by atoms with Crippen molar-refractivity contribution in [2.45, 2.75) is 18.8 Å². The molecule has 3 aromatic rings. The summed E-state index contributed by atoms with van der Waals surface area (Å²) in [5.74, 6) is -0.00389. The van der Waals surface area contributed by atoms with E-state index in [1.807, 2.05) is 0 Å². The van der Waals surface area contributed by atoms with Gasteiger partial charge in [0.05, 0.1) is 17.6 Å². The van der Waals surface area contributed by atoms with E-state index in [1.165, 1.54) is 16.8 Å². The topological polar surface area (TPSA) is 76.2 Å². The van der Waals surface area contributed by atoms with Gasteiger partial charge < -0.3 is 14.7 Å². The van der Waals surface area contributed by atoms with E-state index >= 15 is 0 Å². The predicted molar refractivity (Wildman–Crippen MR) is 105 cm³/mol. The number of aryl methyl sites for hydroxylation is 1. The molecule has 0 radical (unpaired) electrons. The first-order chi connectivity index (χ1) is 13.5. The molecule has 0 spiro atoms. The molecule has 0 saturated carbocycles. The molecule has 3 heterocycles. The molecule has 0 aliphatic carbocycles. The second-order valence-corrected chi connectivity index (χ2v) is 7.43. The standard InChI is InChI=1S/C19H21ClFN5O2/c1-25-19(27)17(20)15(11-23-25)22-6-9-26-7-4-12(5-8-26)18-14-3-2-13(21)10-16(14)28-24-18/h2-3,10-12,22H,4-9H2,1H3. The molecule has 1 aliphatic heterocycles. The summed E-state index contributed by atoms with van der Waals surface area (Å²) >= 11 is 6.06. The van der Waals surface area contributed by atoms with Crippen molar-refractivity contribution in [1.29, 1.82) is 0 Å². The molecule has 28 heavy (non-hydrogen) atoms. The normalized spacial score (nSPS) is 16.0. The third-order valence-electron chi connectivity index (χ3n) is 5.26. The molecular formula is C19H21ClFN5O2. The van der Waals surface area contributed by atoms with E-state index in [2.05, 4.69) is 20.5 Å². The lowest BCUT2D eigenvalue weighted by Gasteiger charge is -2.31. The lowest BCUT2D eigenvalue weighted by atomic mass is 9.91. The summed E-state index contributed by atoms with van der Waals surface area (Å²) in [5, 5.41) is 12.4. The van der Waals surface area contributed by atoms with E-state index in [0.717, 1.165) is 43.6 Å². The molecule has 1 saturated heterocycles. The molecule has 1 fully saturated rings. The van der Waals surface area contributed by atoms with Crippen LogP contribution in [0.25, 0.3) is 11.0 Å². The van der Waals surface area contributed by atoms with E-state index in [4.69, 9.17) is 16.1 Å². The van der Waals surface area contributed by atoms with E-state index in [1.54, 1.807) is 19.3 Å². The minimum Gasteiger partial charge on any atom is -0.381 e. The molecule has 4 rings (SSSR count). The van der Waals surface area contributed by atoms with Gasteiger partial charge >= 0.3 is 0 Å². The number of likely N-dealkylation sites (tertiary alicyclic amines) is 1. The zero-order valence-electron chi connectivity index (χ0n) is 15.5. The summed E-state index contributed by atoms with van der Waals surface area (Å²) in [6.45, 7) is 3.38. The van der Waals surface area contributed by atoms with Crippen LogP contribution >= 0.6 is 11.6 Å². The van der Waals surface area contributed by atoms with Crippen LogP contribution in [-0.2, 0) is 7.05 Å². The lowest BCUT2D eigenvalue weighted by molar-refractivity contribution is 0.216. The van der Waals surface area contributed by atoms with Crippen molar-refractivity contribution in [1.82, 2.24) is 19.8 Å². The first-order valence-corrected chi connectivity index (χ1v) is 9.63. The average molecular weight is 406 g/mol. The Morgan fingerprint density at radius 2 is 2.14 bits per heavy atom. The van der Waals surface area contributed by atoms with E-state index in [9.17, 15) is 9.18 Å².